The lowest BCUT2D eigenvalue weighted by Crippen LogP contribution is -2.11. The largest absolute Gasteiger partial charge is 0.268 e. The minimum Gasteiger partial charge on any atom is -0.268 e. The van der Waals surface area contributed by atoms with Crippen molar-refractivity contribution in [3.63, 3.8) is 0 Å². The van der Waals surface area contributed by atoms with Crippen LogP contribution in [0, 0.1) is 0 Å². The van der Waals surface area contributed by atoms with Gasteiger partial charge in [-0.05, 0) is 24.3 Å². The summed E-state index contributed by atoms with van der Waals surface area (Å²) < 4.78 is 1.54. The second kappa shape index (κ2) is 3.76. The molecule has 0 saturated heterocycles. The van der Waals surface area contributed by atoms with Crippen molar-refractivity contribution in [3.8, 4) is 0 Å². The summed E-state index contributed by atoms with van der Waals surface area (Å²) in [6.07, 6.45) is 6.56. The number of para-hydroxylation sites is 2. The van der Waals surface area contributed by atoms with Crippen LogP contribution in [0.3, 0.4) is 0 Å². The minimum absolute atomic E-state index is 0.107. The normalized spacial score (nSPS) is 13.1. The average Bonchev–Trinajstić information content (AvgIpc) is 2.83. The Kier molecular flexibility index (Phi) is 2.13. The molecule has 0 spiro atoms. The number of fused-ring (bicyclic) bond motifs is 1. The molecule has 0 radical (unpaired) electrons. The van der Waals surface area contributed by atoms with Gasteiger partial charge in [0.25, 0.3) is 5.91 Å². The molecule has 1 aliphatic carbocycles. The van der Waals surface area contributed by atoms with Gasteiger partial charge in [0.2, 0.25) is 0 Å². The highest BCUT2D eigenvalue weighted by Gasteiger charge is 2.12. The van der Waals surface area contributed by atoms with E-state index in [1.165, 1.54) is 0 Å². The fourth-order valence-electron chi connectivity index (χ4n) is 1.74. The Morgan fingerprint density at radius 2 is 2.12 bits per heavy atom. The second-order valence-electron chi connectivity index (χ2n) is 3.63. The zero-order valence-corrected chi connectivity index (χ0v) is 8.92. The summed E-state index contributed by atoms with van der Waals surface area (Å²) in [4.78, 5) is 16.4. The first-order valence-corrected chi connectivity index (χ1v) is 5.21. The summed E-state index contributed by atoms with van der Waals surface area (Å²) in [5, 5.41) is 0. The first-order valence-electron chi connectivity index (χ1n) is 5.21. The van der Waals surface area contributed by atoms with Gasteiger partial charge in [-0.15, -0.1) is 0 Å². The second-order valence-corrected chi connectivity index (χ2v) is 3.63. The molecule has 0 aliphatic heterocycles. The van der Waals surface area contributed by atoms with E-state index in [1.807, 2.05) is 24.3 Å². The molecule has 1 heterocycles. The number of allylic oxidation sites excluding steroid dienone is 4. The summed E-state index contributed by atoms with van der Waals surface area (Å²) in [7, 11) is 0. The zero-order valence-electron chi connectivity index (χ0n) is 8.92. The molecule has 3 rings (SSSR count). The van der Waals surface area contributed by atoms with Crippen LogP contribution in [0.25, 0.3) is 11.0 Å². The monoisotopic (exact) mass is 220 g/mol. The highest BCUT2D eigenvalue weighted by molar-refractivity contribution is 6.02. The standard InChI is InChI=1S/C14H8N2O/c17-14(11-6-2-1-3-7-11)16-10-15-12-8-4-5-9-13(12)16/h2,4-10H. The predicted octanol–water partition coefficient (Wildman–Crippen LogP) is 2.48. The maximum Gasteiger partial charge on any atom is 0.264 e. The third-order valence-electron chi connectivity index (χ3n) is 2.58. The van der Waals surface area contributed by atoms with E-state index in [4.69, 9.17) is 0 Å². The topological polar surface area (TPSA) is 34.9 Å². The van der Waals surface area contributed by atoms with Crippen molar-refractivity contribution in [1.29, 1.82) is 0 Å². The van der Waals surface area contributed by atoms with E-state index in [0.717, 1.165) is 11.0 Å². The van der Waals surface area contributed by atoms with E-state index in [2.05, 4.69) is 16.4 Å². The molecule has 0 saturated carbocycles. The molecular weight excluding hydrogens is 212 g/mol. The van der Waals surface area contributed by atoms with Gasteiger partial charge in [0.15, 0.2) is 0 Å². The fourth-order valence-corrected chi connectivity index (χ4v) is 1.74. The molecule has 80 valence electrons. The molecule has 0 atom stereocenters. The van der Waals surface area contributed by atoms with E-state index in [-0.39, 0.29) is 5.91 Å². The fraction of sp³-hybridized carbons (Fsp3) is 0. The van der Waals surface area contributed by atoms with Gasteiger partial charge in [-0.1, -0.05) is 23.6 Å². The van der Waals surface area contributed by atoms with Crippen LogP contribution in [-0.2, 0) is 0 Å². The lowest BCUT2D eigenvalue weighted by atomic mass is 10.2. The molecule has 2 aromatic rings. The van der Waals surface area contributed by atoms with Crippen molar-refractivity contribution in [2.45, 2.75) is 0 Å². The van der Waals surface area contributed by atoms with Crippen LogP contribution >= 0.6 is 0 Å². The summed E-state index contributed by atoms with van der Waals surface area (Å²) in [6, 6.07) is 7.54. The summed E-state index contributed by atoms with van der Waals surface area (Å²) in [6.45, 7) is 0. The van der Waals surface area contributed by atoms with E-state index in [1.54, 1.807) is 29.1 Å². The molecule has 17 heavy (non-hydrogen) atoms. The summed E-state index contributed by atoms with van der Waals surface area (Å²) in [5.41, 5.74) is 7.74. The number of hydrogen-bond acceptors (Lipinski definition) is 2. The van der Waals surface area contributed by atoms with Gasteiger partial charge in [0.05, 0.1) is 11.0 Å². The van der Waals surface area contributed by atoms with Crippen LogP contribution in [0.15, 0.2) is 65.9 Å². The number of imidazole rings is 1. The SMILES string of the molecule is O=C(C1=CC=C=C=C1)n1cnc2ccccc21. The number of aromatic nitrogens is 2. The van der Waals surface area contributed by atoms with Crippen molar-refractivity contribution >= 4 is 16.9 Å². The van der Waals surface area contributed by atoms with Gasteiger partial charge in [0.1, 0.15) is 6.33 Å². The molecule has 1 aliphatic rings. The predicted molar refractivity (Wildman–Crippen MR) is 64.6 cm³/mol. The quantitative estimate of drug-likeness (QED) is 0.692. The van der Waals surface area contributed by atoms with Crippen molar-refractivity contribution in [2.24, 2.45) is 0 Å². The highest BCUT2D eigenvalue weighted by Crippen LogP contribution is 2.14. The number of nitrogens with zero attached hydrogens (tertiary/aromatic N) is 2. The molecule has 0 fully saturated rings. The Bertz CT molecular complexity index is 736. The Balaban J connectivity index is 2.11. The van der Waals surface area contributed by atoms with E-state index in [0.29, 0.717) is 5.57 Å². The van der Waals surface area contributed by atoms with Crippen molar-refractivity contribution in [3.05, 3.63) is 65.9 Å². The van der Waals surface area contributed by atoms with Crippen molar-refractivity contribution in [1.82, 2.24) is 9.55 Å². The van der Waals surface area contributed by atoms with E-state index < -0.39 is 0 Å². The number of carbonyl (C=O) groups excluding carboxylic acids is 1. The van der Waals surface area contributed by atoms with Gasteiger partial charge in [-0.3, -0.25) is 9.36 Å². The first kappa shape index (κ1) is 9.61. The number of carbonyl (C=O) groups is 1. The van der Waals surface area contributed by atoms with Crippen LogP contribution < -0.4 is 0 Å². The lowest BCUT2D eigenvalue weighted by Gasteiger charge is -2.03. The van der Waals surface area contributed by atoms with Gasteiger partial charge in [-0.2, -0.15) is 0 Å². The molecular formula is C14H8N2O. The average molecular weight is 220 g/mol. The van der Waals surface area contributed by atoms with Gasteiger partial charge in [0, 0.05) is 11.6 Å². The van der Waals surface area contributed by atoms with Crippen LogP contribution in [0.4, 0.5) is 0 Å². The molecule has 3 heteroatoms. The zero-order chi connectivity index (χ0) is 11.7. The maximum absolute atomic E-state index is 12.2. The Labute approximate surface area is 97.7 Å². The molecule has 0 amide bonds. The smallest absolute Gasteiger partial charge is 0.264 e. The van der Waals surface area contributed by atoms with Gasteiger partial charge >= 0.3 is 0 Å². The van der Waals surface area contributed by atoms with Gasteiger partial charge < -0.3 is 0 Å². The third kappa shape index (κ3) is 1.56. The van der Waals surface area contributed by atoms with Crippen LogP contribution in [0.2, 0.25) is 0 Å². The van der Waals surface area contributed by atoms with Crippen LogP contribution in [0.1, 0.15) is 4.79 Å². The molecule has 1 aromatic heterocycles. The number of hydrogen-bond donors (Lipinski definition) is 0. The Morgan fingerprint density at radius 1 is 1.24 bits per heavy atom. The number of benzene rings is 1. The maximum atomic E-state index is 12.2. The van der Waals surface area contributed by atoms with Crippen LogP contribution in [0.5, 0.6) is 0 Å². The highest BCUT2D eigenvalue weighted by atomic mass is 16.2. The van der Waals surface area contributed by atoms with Crippen molar-refractivity contribution < 1.29 is 4.79 Å². The lowest BCUT2D eigenvalue weighted by molar-refractivity contribution is 0.0963. The van der Waals surface area contributed by atoms with Crippen molar-refractivity contribution in [2.75, 3.05) is 0 Å². The molecule has 0 bridgehead atoms. The summed E-state index contributed by atoms with van der Waals surface area (Å²) in [5.74, 6) is -0.107. The van der Waals surface area contributed by atoms with Gasteiger partial charge in [-0.25, -0.2) is 4.98 Å². The molecule has 1 aromatic carbocycles. The Hall–Kier alpha value is -2.60. The van der Waals surface area contributed by atoms with E-state index in [9.17, 15) is 4.79 Å². The van der Waals surface area contributed by atoms with E-state index >= 15 is 0 Å². The minimum atomic E-state index is -0.107. The molecule has 0 N–H and O–H groups in total. The Morgan fingerprint density at radius 3 is 2.94 bits per heavy atom. The molecule has 3 nitrogen and oxygen atoms in total. The number of rotatable bonds is 1. The van der Waals surface area contributed by atoms with Crippen LogP contribution in [-0.4, -0.2) is 15.5 Å². The third-order valence-corrected chi connectivity index (χ3v) is 2.58. The molecule has 0 unspecified atom stereocenters. The summed E-state index contributed by atoms with van der Waals surface area (Å²) >= 11 is 0. The first-order chi connectivity index (χ1) is 8.36.